The van der Waals surface area contributed by atoms with Crippen LogP contribution >= 0.6 is 15.9 Å². The zero-order valence-corrected chi connectivity index (χ0v) is 20.3. The summed E-state index contributed by atoms with van der Waals surface area (Å²) >= 11 is 3.52. The molecule has 1 aliphatic carbocycles. The summed E-state index contributed by atoms with van der Waals surface area (Å²) in [6, 6.07) is 16.0. The number of anilines is 2. The van der Waals surface area contributed by atoms with Crippen LogP contribution in [0.1, 0.15) is 38.3 Å². The first-order valence-electron chi connectivity index (χ1n) is 10.7. The normalized spacial score (nSPS) is 19.3. The van der Waals surface area contributed by atoms with Gasteiger partial charge in [-0.1, -0.05) is 41.9 Å². The van der Waals surface area contributed by atoms with Gasteiger partial charge in [-0.2, -0.15) is 4.98 Å². The third-order valence-electron chi connectivity index (χ3n) is 6.16. The zero-order valence-electron chi connectivity index (χ0n) is 18.7. The molecule has 0 bridgehead atoms. The number of aromatic nitrogens is 3. The topological polar surface area (TPSA) is 63.1 Å². The zero-order chi connectivity index (χ0) is 22.6. The molecule has 1 aliphatic heterocycles. The second kappa shape index (κ2) is 7.59. The van der Waals surface area contributed by atoms with E-state index in [0.29, 0.717) is 18.2 Å². The lowest BCUT2D eigenvalue weighted by atomic mass is 9.73. The highest BCUT2D eigenvalue weighted by Gasteiger charge is 2.41. The molecule has 2 aromatic carbocycles. The second-order valence-corrected chi connectivity index (χ2v) is 10.5. The van der Waals surface area contributed by atoms with Crippen LogP contribution in [0.4, 0.5) is 11.6 Å². The lowest BCUT2D eigenvalue weighted by Gasteiger charge is -2.38. The number of allylic oxidation sites excluding steroid dienone is 2. The Morgan fingerprint density at radius 2 is 1.75 bits per heavy atom. The van der Waals surface area contributed by atoms with Gasteiger partial charge in [-0.3, -0.25) is 4.79 Å². The molecule has 1 atom stereocenters. The average Bonchev–Trinajstić information content (AvgIpc) is 3.16. The van der Waals surface area contributed by atoms with Gasteiger partial charge in [-0.25, -0.2) is 4.68 Å². The molecule has 1 aromatic heterocycles. The van der Waals surface area contributed by atoms with Gasteiger partial charge in [0.05, 0.1) is 0 Å². The number of ketones is 1. The van der Waals surface area contributed by atoms with Crippen molar-refractivity contribution in [3.63, 3.8) is 0 Å². The third kappa shape index (κ3) is 3.64. The van der Waals surface area contributed by atoms with Crippen LogP contribution in [0.25, 0.3) is 11.4 Å². The van der Waals surface area contributed by atoms with Crippen molar-refractivity contribution in [3.8, 4) is 11.4 Å². The molecule has 32 heavy (non-hydrogen) atoms. The largest absolute Gasteiger partial charge is 0.378 e. The summed E-state index contributed by atoms with van der Waals surface area (Å²) < 4.78 is 2.87. The minimum absolute atomic E-state index is 0.0831. The van der Waals surface area contributed by atoms with Gasteiger partial charge < -0.3 is 10.2 Å². The van der Waals surface area contributed by atoms with Crippen LogP contribution < -0.4 is 10.2 Å². The van der Waals surface area contributed by atoms with Gasteiger partial charge >= 0.3 is 0 Å². The Kier molecular flexibility index (Phi) is 4.97. The highest BCUT2D eigenvalue weighted by Crippen LogP contribution is 2.45. The van der Waals surface area contributed by atoms with Crippen molar-refractivity contribution in [2.75, 3.05) is 24.3 Å². The number of carbonyl (C=O) groups is 1. The molecule has 1 N–H and O–H groups in total. The van der Waals surface area contributed by atoms with E-state index in [2.05, 4.69) is 64.3 Å². The molecular formula is C25H26BrN5O. The van der Waals surface area contributed by atoms with Gasteiger partial charge in [-0.05, 0) is 53.8 Å². The Morgan fingerprint density at radius 1 is 1.06 bits per heavy atom. The standard InChI is InChI=1S/C25H26BrN5O/c1-25(2)13-19-21(20(32)14-25)22(15-5-9-17(26)10-6-15)31-24(27-19)28-23(29-31)16-7-11-18(12-8-16)30(3)4/h5-12,22H,13-14H2,1-4H3,(H,27,28,29). The first-order chi connectivity index (χ1) is 15.2. The van der Waals surface area contributed by atoms with Crippen LogP contribution in [-0.2, 0) is 4.79 Å². The Labute approximate surface area is 196 Å². The van der Waals surface area contributed by atoms with E-state index in [1.54, 1.807) is 0 Å². The Morgan fingerprint density at radius 3 is 2.41 bits per heavy atom. The van der Waals surface area contributed by atoms with Crippen LogP contribution in [0, 0.1) is 5.41 Å². The number of hydrogen-bond donors (Lipinski definition) is 1. The number of nitrogens with zero attached hydrogens (tertiary/aromatic N) is 4. The lowest BCUT2D eigenvalue weighted by molar-refractivity contribution is -0.118. The maximum Gasteiger partial charge on any atom is 0.226 e. The lowest BCUT2D eigenvalue weighted by Crippen LogP contribution is -2.36. The van der Waals surface area contributed by atoms with Gasteiger partial charge in [0.25, 0.3) is 0 Å². The fourth-order valence-electron chi connectivity index (χ4n) is 4.59. The fraction of sp³-hybridized carbons (Fsp3) is 0.320. The van der Waals surface area contributed by atoms with Gasteiger partial charge in [0.2, 0.25) is 5.95 Å². The van der Waals surface area contributed by atoms with E-state index in [1.165, 1.54) is 0 Å². The molecule has 6 nitrogen and oxygen atoms in total. The summed E-state index contributed by atoms with van der Waals surface area (Å²) in [5.41, 5.74) is 4.77. The number of benzene rings is 2. The Hall–Kier alpha value is -2.93. The highest BCUT2D eigenvalue weighted by atomic mass is 79.9. The van der Waals surface area contributed by atoms with Crippen molar-refractivity contribution in [3.05, 3.63) is 69.8 Å². The molecule has 3 aromatic rings. The molecule has 0 spiro atoms. The summed E-state index contributed by atoms with van der Waals surface area (Å²) in [5, 5.41) is 8.32. The predicted octanol–water partition coefficient (Wildman–Crippen LogP) is 5.43. The van der Waals surface area contributed by atoms with Crippen molar-refractivity contribution in [2.45, 2.75) is 32.7 Å². The van der Waals surface area contributed by atoms with E-state index in [9.17, 15) is 4.79 Å². The summed E-state index contributed by atoms with van der Waals surface area (Å²) in [7, 11) is 4.04. The van der Waals surface area contributed by atoms with Crippen LogP contribution in [0.3, 0.4) is 0 Å². The summed E-state index contributed by atoms with van der Waals surface area (Å²) in [6.07, 6.45) is 1.34. The van der Waals surface area contributed by atoms with Gasteiger partial charge in [0.1, 0.15) is 6.04 Å². The smallest absolute Gasteiger partial charge is 0.226 e. The van der Waals surface area contributed by atoms with Crippen LogP contribution in [-0.4, -0.2) is 34.6 Å². The van der Waals surface area contributed by atoms with E-state index in [-0.39, 0.29) is 17.2 Å². The van der Waals surface area contributed by atoms with Crippen LogP contribution in [0.5, 0.6) is 0 Å². The summed E-state index contributed by atoms with van der Waals surface area (Å²) in [5.74, 6) is 1.50. The highest BCUT2D eigenvalue weighted by molar-refractivity contribution is 9.10. The van der Waals surface area contributed by atoms with E-state index in [1.807, 2.05) is 43.0 Å². The number of halogens is 1. The average molecular weight is 492 g/mol. The maximum absolute atomic E-state index is 13.3. The van der Waals surface area contributed by atoms with Crippen molar-refractivity contribution in [1.29, 1.82) is 0 Å². The van der Waals surface area contributed by atoms with Gasteiger partial charge in [0, 0.05) is 47.5 Å². The number of Topliss-reactive ketones (excluding diaryl/α,β-unsaturated/α-hetero) is 1. The monoisotopic (exact) mass is 491 g/mol. The molecule has 2 aliphatic rings. The molecule has 0 saturated carbocycles. The van der Waals surface area contributed by atoms with Gasteiger partial charge in [0.15, 0.2) is 11.6 Å². The van der Waals surface area contributed by atoms with Gasteiger partial charge in [-0.15, -0.1) is 5.10 Å². The van der Waals surface area contributed by atoms with E-state index < -0.39 is 0 Å². The molecule has 2 heterocycles. The fourth-order valence-corrected chi connectivity index (χ4v) is 4.86. The van der Waals surface area contributed by atoms with Crippen molar-refractivity contribution in [1.82, 2.24) is 14.8 Å². The molecule has 0 amide bonds. The van der Waals surface area contributed by atoms with E-state index >= 15 is 0 Å². The molecule has 5 rings (SSSR count). The molecule has 0 radical (unpaired) electrons. The summed E-state index contributed by atoms with van der Waals surface area (Å²) in [6.45, 7) is 4.28. The number of carbonyl (C=O) groups excluding carboxylic acids is 1. The number of nitrogens with one attached hydrogen (secondary N) is 1. The second-order valence-electron chi connectivity index (χ2n) is 9.56. The van der Waals surface area contributed by atoms with Crippen LogP contribution in [0.2, 0.25) is 0 Å². The number of rotatable bonds is 3. The maximum atomic E-state index is 13.3. The molecular weight excluding hydrogens is 466 g/mol. The summed E-state index contributed by atoms with van der Waals surface area (Å²) in [4.78, 5) is 20.2. The number of hydrogen-bond acceptors (Lipinski definition) is 5. The molecule has 0 fully saturated rings. The Balaban J connectivity index is 1.63. The van der Waals surface area contributed by atoms with E-state index in [0.717, 1.165) is 39.0 Å². The molecule has 1 unspecified atom stereocenters. The first kappa shape index (κ1) is 20.9. The third-order valence-corrected chi connectivity index (χ3v) is 6.69. The van der Waals surface area contributed by atoms with Crippen molar-refractivity contribution >= 4 is 33.3 Å². The molecule has 164 valence electrons. The minimum atomic E-state index is -0.291. The molecule has 7 heteroatoms. The SMILES string of the molecule is CN(C)c1ccc(-c2nc3n(n2)C(c2ccc(Br)cc2)C2=C(CC(C)(C)CC2=O)N3)cc1. The quantitative estimate of drug-likeness (QED) is 0.528. The Bertz CT molecular complexity index is 1220. The van der Waals surface area contributed by atoms with Crippen molar-refractivity contribution < 1.29 is 4.79 Å². The minimum Gasteiger partial charge on any atom is -0.378 e. The van der Waals surface area contributed by atoms with E-state index in [4.69, 9.17) is 10.1 Å². The number of fused-ring (bicyclic) bond motifs is 1. The van der Waals surface area contributed by atoms with Crippen LogP contribution in [0.15, 0.2) is 64.3 Å². The van der Waals surface area contributed by atoms with Crippen molar-refractivity contribution in [2.24, 2.45) is 5.41 Å². The molecule has 0 saturated heterocycles. The predicted molar refractivity (Wildman–Crippen MR) is 131 cm³/mol. The first-order valence-corrected chi connectivity index (χ1v) is 11.5.